The summed E-state index contributed by atoms with van der Waals surface area (Å²) >= 11 is 0. The molecule has 0 aliphatic heterocycles. The van der Waals surface area contributed by atoms with Crippen molar-refractivity contribution in [1.82, 2.24) is 0 Å². The smallest absolute Gasteiger partial charge is 0.325 e. The summed E-state index contributed by atoms with van der Waals surface area (Å²) in [5, 5.41) is 8.58. The first-order chi connectivity index (χ1) is 6.56. The Hall–Kier alpha value is -1.46. The van der Waals surface area contributed by atoms with E-state index in [1.807, 2.05) is 0 Å². The van der Waals surface area contributed by atoms with Crippen LogP contribution in [0.3, 0.4) is 0 Å². The van der Waals surface area contributed by atoms with Gasteiger partial charge in [-0.15, -0.1) is 0 Å². The lowest BCUT2D eigenvalue weighted by Crippen LogP contribution is -2.20. The van der Waals surface area contributed by atoms with Gasteiger partial charge in [0.1, 0.15) is 11.9 Å². The lowest BCUT2D eigenvalue weighted by molar-refractivity contribution is -0.138. The van der Waals surface area contributed by atoms with Crippen molar-refractivity contribution in [2.75, 3.05) is 0 Å². The molecule has 14 heavy (non-hydrogen) atoms. The molecule has 0 spiro atoms. The summed E-state index contributed by atoms with van der Waals surface area (Å²) in [5.41, 5.74) is 11.1. The maximum absolute atomic E-state index is 13.1. The van der Waals surface area contributed by atoms with Crippen molar-refractivity contribution in [1.29, 1.82) is 0 Å². The van der Waals surface area contributed by atoms with E-state index in [1.165, 1.54) is 12.1 Å². The minimum atomic E-state index is -1.20. The zero-order valence-corrected chi connectivity index (χ0v) is 7.40. The number of aliphatic carboxylic acids is 1. The van der Waals surface area contributed by atoms with Gasteiger partial charge in [0.15, 0.2) is 0 Å². The Labute approximate surface area is 80.3 Å². The SMILES string of the molecule is NCc1ccc(C(N)C(=O)O)cc1F. The van der Waals surface area contributed by atoms with Gasteiger partial charge in [-0.05, 0) is 11.6 Å². The molecule has 0 saturated carbocycles. The first-order valence-corrected chi connectivity index (χ1v) is 4.03. The molecule has 4 nitrogen and oxygen atoms in total. The molecule has 1 atom stereocenters. The molecule has 0 bridgehead atoms. The molecule has 0 aliphatic rings. The molecular weight excluding hydrogens is 187 g/mol. The van der Waals surface area contributed by atoms with Crippen LogP contribution in [0, 0.1) is 5.82 Å². The van der Waals surface area contributed by atoms with Crippen molar-refractivity contribution in [2.45, 2.75) is 12.6 Å². The van der Waals surface area contributed by atoms with Gasteiger partial charge in [-0.25, -0.2) is 4.39 Å². The lowest BCUT2D eigenvalue weighted by Gasteiger charge is -2.08. The van der Waals surface area contributed by atoms with E-state index < -0.39 is 17.8 Å². The fourth-order valence-corrected chi connectivity index (χ4v) is 1.07. The van der Waals surface area contributed by atoms with Crippen molar-refractivity contribution < 1.29 is 14.3 Å². The molecule has 0 amide bonds. The van der Waals surface area contributed by atoms with E-state index in [1.54, 1.807) is 0 Å². The van der Waals surface area contributed by atoms with Crippen LogP contribution in [-0.4, -0.2) is 11.1 Å². The Morgan fingerprint density at radius 3 is 2.64 bits per heavy atom. The molecule has 1 aromatic carbocycles. The Balaban J connectivity index is 3.02. The van der Waals surface area contributed by atoms with Crippen molar-refractivity contribution >= 4 is 5.97 Å². The van der Waals surface area contributed by atoms with Gasteiger partial charge in [0.05, 0.1) is 0 Å². The Kier molecular flexibility index (Phi) is 3.16. The van der Waals surface area contributed by atoms with Crippen LogP contribution in [0.1, 0.15) is 17.2 Å². The topological polar surface area (TPSA) is 89.3 Å². The summed E-state index contributed by atoms with van der Waals surface area (Å²) in [6.45, 7) is 0.0778. The zero-order chi connectivity index (χ0) is 10.7. The van der Waals surface area contributed by atoms with E-state index in [4.69, 9.17) is 16.6 Å². The molecule has 5 heteroatoms. The highest BCUT2D eigenvalue weighted by Crippen LogP contribution is 2.15. The monoisotopic (exact) mass is 198 g/mol. The molecular formula is C9H11FN2O2. The highest BCUT2D eigenvalue weighted by Gasteiger charge is 2.15. The number of hydrogen-bond donors (Lipinski definition) is 3. The van der Waals surface area contributed by atoms with Gasteiger partial charge in [0.2, 0.25) is 0 Å². The predicted octanol–water partition coefficient (Wildman–Crippen LogP) is 0.369. The van der Waals surface area contributed by atoms with Crippen molar-refractivity contribution in [3.63, 3.8) is 0 Å². The summed E-state index contributed by atoms with van der Waals surface area (Å²) in [4.78, 5) is 10.5. The fraction of sp³-hybridized carbons (Fsp3) is 0.222. The summed E-state index contributed by atoms with van der Waals surface area (Å²) in [6.07, 6.45) is 0. The van der Waals surface area contributed by atoms with E-state index in [2.05, 4.69) is 0 Å². The molecule has 76 valence electrons. The number of halogens is 1. The summed E-state index contributed by atoms with van der Waals surface area (Å²) in [6, 6.07) is 2.80. The number of rotatable bonds is 3. The van der Waals surface area contributed by atoms with Crippen LogP contribution in [0.2, 0.25) is 0 Å². The standard InChI is InChI=1S/C9H11FN2O2/c10-7-3-5(8(12)9(13)14)1-2-6(7)4-11/h1-3,8H,4,11-12H2,(H,13,14). The molecule has 0 saturated heterocycles. The minimum Gasteiger partial charge on any atom is -0.480 e. The second kappa shape index (κ2) is 4.17. The third-order valence-electron chi connectivity index (χ3n) is 1.92. The number of carboxylic acids is 1. The van der Waals surface area contributed by atoms with Gasteiger partial charge < -0.3 is 16.6 Å². The van der Waals surface area contributed by atoms with Crippen LogP contribution in [-0.2, 0) is 11.3 Å². The normalized spacial score (nSPS) is 12.5. The lowest BCUT2D eigenvalue weighted by atomic mass is 10.1. The van der Waals surface area contributed by atoms with E-state index in [-0.39, 0.29) is 12.1 Å². The Morgan fingerprint density at radius 2 is 2.21 bits per heavy atom. The second-order valence-corrected chi connectivity index (χ2v) is 2.87. The molecule has 1 rings (SSSR count). The second-order valence-electron chi connectivity index (χ2n) is 2.87. The van der Waals surface area contributed by atoms with E-state index in [0.29, 0.717) is 5.56 Å². The van der Waals surface area contributed by atoms with Gasteiger partial charge in [-0.2, -0.15) is 0 Å². The zero-order valence-electron chi connectivity index (χ0n) is 7.40. The number of hydrogen-bond acceptors (Lipinski definition) is 3. The quantitative estimate of drug-likeness (QED) is 0.654. The third kappa shape index (κ3) is 2.07. The van der Waals surface area contributed by atoms with Gasteiger partial charge in [0, 0.05) is 12.1 Å². The van der Waals surface area contributed by atoms with Crippen LogP contribution in [0.5, 0.6) is 0 Å². The predicted molar refractivity (Wildman–Crippen MR) is 48.9 cm³/mol. The average Bonchev–Trinajstić information content (AvgIpc) is 2.16. The number of benzene rings is 1. The number of nitrogens with two attached hydrogens (primary N) is 2. The molecule has 0 aromatic heterocycles. The van der Waals surface area contributed by atoms with Crippen molar-refractivity contribution in [2.24, 2.45) is 11.5 Å². The molecule has 0 fully saturated rings. The number of carboxylic acid groups (broad SMARTS) is 1. The molecule has 0 heterocycles. The first kappa shape index (κ1) is 10.6. The Bertz CT molecular complexity index is 355. The molecule has 5 N–H and O–H groups in total. The third-order valence-corrected chi connectivity index (χ3v) is 1.92. The van der Waals surface area contributed by atoms with Crippen molar-refractivity contribution in [3.05, 3.63) is 35.1 Å². The molecule has 0 aliphatic carbocycles. The maximum atomic E-state index is 13.1. The average molecular weight is 198 g/mol. The number of carbonyl (C=O) groups is 1. The minimum absolute atomic E-state index is 0.0778. The summed E-state index contributed by atoms with van der Waals surface area (Å²) < 4.78 is 13.1. The van der Waals surface area contributed by atoms with Gasteiger partial charge in [0.25, 0.3) is 0 Å². The van der Waals surface area contributed by atoms with Crippen LogP contribution in [0.15, 0.2) is 18.2 Å². The Morgan fingerprint density at radius 1 is 1.57 bits per heavy atom. The molecule has 0 radical (unpaired) electrons. The van der Waals surface area contributed by atoms with Gasteiger partial charge in [-0.3, -0.25) is 4.79 Å². The summed E-state index contributed by atoms with van der Waals surface area (Å²) in [5.74, 6) is -1.72. The fourth-order valence-electron chi connectivity index (χ4n) is 1.07. The van der Waals surface area contributed by atoms with Gasteiger partial charge >= 0.3 is 5.97 Å². The van der Waals surface area contributed by atoms with Crippen LogP contribution < -0.4 is 11.5 Å². The van der Waals surface area contributed by atoms with E-state index >= 15 is 0 Å². The van der Waals surface area contributed by atoms with Gasteiger partial charge in [-0.1, -0.05) is 12.1 Å². The molecule has 1 unspecified atom stereocenters. The first-order valence-electron chi connectivity index (χ1n) is 4.03. The van der Waals surface area contributed by atoms with Crippen LogP contribution in [0.25, 0.3) is 0 Å². The van der Waals surface area contributed by atoms with Crippen LogP contribution >= 0.6 is 0 Å². The highest BCUT2D eigenvalue weighted by molar-refractivity contribution is 5.75. The highest BCUT2D eigenvalue weighted by atomic mass is 19.1. The maximum Gasteiger partial charge on any atom is 0.325 e. The van der Waals surface area contributed by atoms with E-state index in [9.17, 15) is 9.18 Å². The molecule has 1 aromatic rings. The van der Waals surface area contributed by atoms with Crippen LogP contribution in [0.4, 0.5) is 4.39 Å². The largest absolute Gasteiger partial charge is 0.480 e. The van der Waals surface area contributed by atoms with E-state index in [0.717, 1.165) is 6.07 Å². The summed E-state index contributed by atoms with van der Waals surface area (Å²) in [7, 11) is 0. The van der Waals surface area contributed by atoms with Crippen molar-refractivity contribution in [3.8, 4) is 0 Å².